The maximum absolute atomic E-state index is 11.9. The van der Waals surface area contributed by atoms with E-state index in [4.69, 9.17) is 4.74 Å². The number of nitrogens with one attached hydrogen (secondary N) is 1. The van der Waals surface area contributed by atoms with E-state index in [0.29, 0.717) is 10.6 Å². The molecule has 0 aliphatic heterocycles. The highest BCUT2D eigenvalue weighted by Crippen LogP contribution is 2.37. The summed E-state index contributed by atoms with van der Waals surface area (Å²) in [4.78, 5) is 16.8. The van der Waals surface area contributed by atoms with E-state index in [9.17, 15) is 4.79 Å². The number of ether oxygens (including phenoxy) is 1. The fraction of sp³-hybridized carbons (Fsp3) is 0.222. The number of benzene rings is 1. The number of fused-ring (bicyclic) bond motifs is 1. The van der Waals surface area contributed by atoms with Gasteiger partial charge in [-0.3, -0.25) is 9.78 Å². The second kappa shape index (κ2) is 7.74. The van der Waals surface area contributed by atoms with E-state index < -0.39 is 0 Å². The molecule has 1 aromatic carbocycles. The maximum atomic E-state index is 11.9. The third-order valence-corrected chi connectivity index (χ3v) is 4.43. The molecule has 1 N–H and O–H groups in total. The van der Waals surface area contributed by atoms with Crippen molar-refractivity contribution in [2.45, 2.75) is 20.8 Å². The van der Waals surface area contributed by atoms with Crippen LogP contribution in [0.2, 0.25) is 0 Å². The van der Waals surface area contributed by atoms with Crippen molar-refractivity contribution in [2.75, 3.05) is 7.05 Å². The molecule has 0 unspecified atom stereocenters. The molecule has 120 valence electrons. The average molecular weight is 328 g/mol. The Morgan fingerprint density at radius 3 is 2.52 bits per heavy atom. The second-order valence-corrected chi connectivity index (χ2v) is 5.61. The number of carbonyl (C=O) groups excluding carboxylic acids is 1. The van der Waals surface area contributed by atoms with Gasteiger partial charge >= 0.3 is 0 Å². The fourth-order valence-corrected chi connectivity index (χ4v) is 3.33. The smallest absolute Gasteiger partial charge is 0.261 e. The van der Waals surface area contributed by atoms with Crippen LogP contribution in [0.15, 0.2) is 42.7 Å². The van der Waals surface area contributed by atoms with Gasteiger partial charge in [0.1, 0.15) is 5.75 Å². The van der Waals surface area contributed by atoms with E-state index in [1.165, 1.54) is 11.3 Å². The molecule has 0 atom stereocenters. The number of rotatable bonds is 3. The van der Waals surface area contributed by atoms with Crippen molar-refractivity contribution in [1.29, 1.82) is 0 Å². The highest BCUT2D eigenvalue weighted by Gasteiger charge is 2.18. The van der Waals surface area contributed by atoms with Crippen LogP contribution in [0.4, 0.5) is 0 Å². The van der Waals surface area contributed by atoms with Crippen LogP contribution >= 0.6 is 11.3 Å². The standard InChI is InChI=1S/C16H14N2O2S.C2H6/c1-10-14-12(20-11-6-4-3-5-7-11)8-18-9-13(14)21-15(10)16(19)17-2;1-2/h3-9H,1-2H3,(H,17,19);1-2H3. The topological polar surface area (TPSA) is 51.2 Å². The minimum atomic E-state index is -0.0839. The molecular formula is C18H20N2O2S. The molecule has 3 rings (SSSR count). The molecule has 1 amide bonds. The Hall–Kier alpha value is -2.40. The lowest BCUT2D eigenvalue weighted by Crippen LogP contribution is -2.17. The number of aromatic nitrogens is 1. The van der Waals surface area contributed by atoms with Gasteiger partial charge in [-0.15, -0.1) is 11.3 Å². The summed E-state index contributed by atoms with van der Waals surface area (Å²) in [7, 11) is 1.63. The van der Waals surface area contributed by atoms with Crippen LogP contribution in [0, 0.1) is 6.92 Å². The molecule has 0 aliphatic carbocycles. The number of carbonyl (C=O) groups is 1. The molecule has 23 heavy (non-hydrogen) atoms. The van der Waals surface area contributed by atoms with E-state index in [0.717, 1.165) is 21.4 Å². The first kappa shape index (κ1) is 17.0. The van der Waals surface area contributed by atoms with Crippen LogP contribution < -0.4 is 10.1 Å². The van der Waals surface area contributed by atoms with Gasteiger partial charge in [0.15, 0.2) is 5.75 Å². The van der Waals surface area contributed by atoms with Crippen LogP contribution in [0.1, 0.15) is 29.1 Å². The molecule has 0 saturated carbocycles. The van der Waals surface area contributed by atoms with Crippen molar-refractivity contribution >= 4 is 27.3 Å². The summed E-state index contributed by atoms with van der Waals surface area (Å²) in [5.74, 6) is 1.33. The summed E-state index contributed by atoms with van der Waals surface area (Å²) in [6.07, 6.45) is 3.44. The Morgan fingerprint density at radius 2 is 1.87 bits per heavy atom. The number of nitrogens with zero attached hydrogens (tertiary/aromatic N) is 1. The normalized spacial score (nSPS) is 9.91. The van der Waals surface area contributed by atoms with Crippen molar-refractivity contribution in [3.63, 3.8) is 0 Å². The summed E-state index contributed by atoms with van der Waals surface area (Å²) in [6.45, 7) is 5.93. The lowest BCUT2D eigenvalue weighted by atomic mass is 10.1. The third-order valence-electron chi connectivity index (χ3n) is 3.21. The van der Waals surface area contributed by atoms with E-state index in [1.54, 1.807) is 19.4 Å². The van der Waals surface area contributed by atoms with Gasteiger partial charge in [-0.1, -0.05) is 32.0 Å². The van der Waals surface area contributed by atoms with Crippen LogP contribution in [0.5, 0.6) is 11.5 Å². The predicted molar refractivity (Wildman–Crippen MR) is 95.6 cm³/mol. The van der Waals surface area contributed by atoms with Gasteiger partial charge in [-0.2, -0.15) is 0 Å². The summed E-state index contributed by atoms with van der Waals surface area (Å²) in [6, 6.07) is 9.55. The first-order chi connectivity index (χ1) is 11.2. The van der Waals surface area contributed by atoms with Crippen LogP contribution in [0.3, 0.4) is 0 Å². The van der Waals surface area contributed by atoms with Crippen molar-refractivity contribution in [3.8, 4) is 11.5 Å². The Balaban J connectivity index is 0.000000924. The molecule has 2 heterocycles. The van der Waals surface area contributed by atoms with Crippen molar-refractivity contribution in [1.82, 2.24) is 10.3 Å². The maximum Gasteiger partial charge on any atom is 0.261 e. The highest BCUT2D eigenvalue weighted by molar-refractivity contribution is 7.21. The predicted octanol–water partition coefficient (Wildman–Crippen LogP) is 4.78. The zero-order chi connectivity index (χ0) is 16.8. The largest absolute Gasteiger partial charge is 0.455 e. The second-order valence-electron chi connectivity index (χ2n) is 4.56. The lowest BCUT2D eigenvalue weighted by molar-refractivity contribution is 0.0966. The van der Waals surface area contributed by atoms with E-state index in [1.807, 2.05) is 51.1 Å². The van der Waals surface area contributed by atoms with Gasteiger partial charge < -0.3 is 10.1 Å². The van der Waals surface area contributed by atoms with Gasteiger partial charge in [-0.05, 0) is 24.6 Å². The van der Waals surface area contributed by atoms with Gasteiger partial charge in [0.25, 0.3) is 5.91 Å². The summed E-state index contributed by atoms with van der Waals surface area (Å²) in [5, 5.41) is 3.60. The molecule has 0 aliphatic rings. The number of amides is 1. The number of thiophene rings is 1. The average Bonchev–Trinajstić information content (AvgIpc) is 2.95. The zero-order valence-electron chi connectivity index (χ0n) is 13.7. The van der Waals surface area contributed by atoms with Crippen molar-refractivity contribution in [3.05, 3.63) is 53.2 Å². The molecule has 2 aromatic heterocycles. The van der Waals surface area contributed by atoms with Crippen LogP contribution in [0.25, 0.3) is 10.1 Å². The number of aryl methyl sites for hydroxylation is 1. The van der Waals surface area contributed by atoms with Crippen LogP contribution in [-0.2, 0) is 0 Å². The van der Waals surface area contributed by atoms with Crippen LogP contribution in [-0.4, -0.2) is 17.9 Å². The highest BCUT2D eigenvalue weighted by atomic mass is 32.1. The summed E-state index contributed by atoms with van der Waals surface area (Å²) >= 11 is 1.43. The molecular weight excluding hydrogens is 308 g/mol. The van der Waals surface area contributed by atoms with Crippen molar-refractivity contribution < 1.29 is 9.53 Å². The van der Waals surface area contributed by atoms with Crippen molar-refractivity contribution in [2.24, 2.45) is 0 Å². The Labute approximate surface area is 140 Å². The zero-order valence-corrected chi connectivity index (χ0v) is 14.5. The molecule has 3 aromatic rings. The molecule has 5 heteroatoms. The van der Waals surface area contributed by atoms with E-state index in [-0.39, 0.29) is 5.91 Å². The monoisotopic (exact) mass is 328 g/mol. The number of hydrogen-bond donors (Lipinski definition) is 1. The molecule has 0 radical (unpaired) electrons. The fourth-order valence-electron chi connectivity index (χ4n) is 2.19. The minimum absolute atomic E-state index is 0.0839. The Kier molecular flexibility index (Phi) is 5.71. The lowest BCUT2D eigenvalue weighted by Gasteiger charge is -2.07. The molecule has 0 saturated heterocycles. The third kappa shape index (κ3) is 3.51. The molecule has 0 bridgehead atoms. The molecule has 4 nitrogen and oxygen atoms in total. The number of para-hydroxylation sites is 1. The first-order valence-electron chi connectivity index (χ1n) is 7.53. The summed E-state index contributed by atoms with van der Waals surface area (Å²) < 4.78 is 6.86. The Bertz CT molecular complexity index is 797. The minimum Gasteiger partial charge on any atom is -0.455 e. The first-order valence-corrected chi connectivity index (χ1v) is 8.34. The number of hydrogen-bond acceptors (Lipinski definition) is 4. The summed E-state index contributed by atoms with van der Waals surface area (Å²) in [5.41, 5.74) is 0.919. The van der Waals surface area contributed by atoms with E-state index in [2.05, 4.69) is 10.3 Å². The molecule has 0 fully saturated rings. The molecule has 0 spiro atoms. The number of pyridine rings is 1. The SMILES string of the molecule is CC.CNC(=O)c1sc2cncc(Oc3ccccc3)c2c1C. The van der Waals surface area contributed by atoms with Gasteiger partial charge in [-0.25, -0.2) is 0 Å². The van der Waals surface area contributed by atoms with Gasteiger partial charge in [0.2, 0.25) is 0 Å². The van der Waals surface area contributed by atoms with Gasteiger partial charge in [0, 0.05) is 18.6 Å². The quantitative estimate of drug-likeness (QED) is 0.752. The van der Waals surface area contributed by atoms with Gasteiger partial charge in [0.05, 0.1) is 15.8 Å². The Morgan fingerprint density at radius 1 is 1.17 bits per heavy atom. The van der Waals surface area contributed by atoms with E-state index >= 15 is 0 Å².